The third-order valence-corrected chi connectivity index (χ3v) is 6.21. The lowest BCUT2D eigenvalue weighted by Crippen LogP contribution is -2.36. The van der Waals surface area contributed by atoms with Gasteiger partial charge in [-0.05, 0) is 44.0 Å². The maximum Gasteiger partial charge on any atom is 0.253 e. The number of nitrogens with one attached hydrogen (secondary N) is 2. The van der Waals surface area contributed by atoms with Crippen molar-refractivity contribution in [2.75, 3.05) is 16.8 Å². The molecule has 162 valence electrons. The normalized spacial score (nSPS) is 19.3. The van der Waals surface area contributed by atoms with Gasteiger partial charge in [-0.25, -0.2) is 0 Å². The van der Waals surface area contributed by atoms with Gasteiger partial charge < -0.3 is 15.5 Å². The molecule has 6 heteroatoms. The Morgan fingerprint density at radius 3 is 2.42 bits per heavy atom. The van der Waals surface area contributed by atoms with Crippen LogP contribution < -0.4 is 15.5 Å². The molecule has 2 aliphatic rings. The number of benzene rings is 2. The fourth-order valence-corrected chi connectivity index (χ4v) is 4.39. The molecular formula is C25H29N3O3. The zero-order valence-electron chi connectivity index (χ0n) is 17.9. The third kappa shape index (κ3) is 4.95. The molecule has 0 unspecified atom stereocenters. The zero-order valence-corrected chi connectivity index (χ0v) is 17.9. The summed E-state index contributed by atoms with van der Waals surface area (Å²) in [6.45, 7) is 2.33. The van der Waals surface area contributed by atoms with E-state index >= 15 is 0 Å². The first-order chi connectivity index (χ1) is 15.0. The van der Waals surface area contributed by atoms with Crippen molar-refractivity contribution in [2.45, 2.75) is 51.5 Å². The van der Waals surface area contributed by atoms with E-state index in [-0.39, 0.29) is 30.2 Å². The molecule has 2 aromatic rings. The fraction of sp³-hybridized carbons (Fsp3) is 0.400. The molecule has 1 heterocycles. The fourth-order valence-electron chi connectivity index (χ4n) is 4.39. The summed E-state index contributed by atoms with van der Waals surface area (Å²) >= 11 is 0. The molecule has 6 nitrogen and oxygen atoms in total. The van der Waals surface area contributed by atoms with E-state index in [9.17, 15) is 14.4 Å². The van der Waals surface area contributed by atoms with Gasteiger partial charge in [-0.3, -0.25) is 14.4 Å². The van der Waals surface area contributed by atoms with Gasteiger partial charge in [-0.1, -0.05) is 49.1 Å². The number of rotatable bonds is 5. The van der Waals surface area contributed by atoms with Gasteiger partial charge in [0.2, 0.25) is 11.8 Å². The largest absolute Gasteiger partial charge is 0.349 e. The van der Waals surface area contributed by atoms with E-state index in [1.54, 1.807) is 29.2 Å². The summed E-state index contributed by atoms with van der Waals surface area (Å²) in [7, 11) is 0. The number of aryl methyl sites for hydroxylation is 1. The number of para-hydroxylation sites is 1. The van der Waals surface area contributed by atoms with Crippen LogP contribution in [0.15, 0.2) is 48.5 Å². The van der Waals surface area contributed by atoms with Crippen LogP contribution in [0.25, 0.3) is 0 Å². The van der Waals surface area contributed by atoms with Crippen LogP contribution in [0, 0.1) is 12.8 Å². The van der Waals surface area contributed by atoms with Crippen LogP contribution in [0.2, 0.25) is 0 Å². The Bertz CT molecular complexity index is 964. The summed E-state index contributed by atoms with van der Waals surface area (Å²) < 4.78 is 0. The second-order valence-corrected chi connectivity index (χ2v) is 8.58. The number of anilines is 2. The average Bonchev–Trinajstić information content (AvgIpc) is 3.17. The van der Waals surface area contributed by atoms with E-state index in [0.29, 0.717) is 17.8 Å². The maximum atomic E-state index is 12.9. The van der Waals surface area contributed by atoms with E-state index in [1.165, 1.54) is 6.42 Å². The predicted octanol–water partition coefficient (Wildman–Crippen LogP) is 4.05. The van der Waals surface area contributed by atoms with E-state index in [0.717, 1.165) is 36.9 Å². The molecule has 1 saturated heterocycles. The quantitative estimate of drug-likeness (QED) is 0.767. The van der Waals surface area contributed by atoms with Gasteiger partial charge in [-0.15, -0.1) is 0 Å². The average molecular weight is 420 g/mol. The Morgan fingerprint density at radius 2 is 1.68 bits per heavy atom. The lowest BCUT2D eigenvalue weighted by molar-refractivity contribution is -0.122. The highest BCUT2D eigenvalue weighted by Crippen LogP contribution is 2.27. The molecule has 3 amide bonds. The number of hydrogen-bond acceptors (Lipinski definition) is 3. The van der Waals surface area contributed by atoms with E-state index in [4.69, 9.17) is 0 Å². The summed E-state index contributed by atoms with van der Waals surface area (Å²) in [6, 6.07) is 15.0. The molecule has 0 aromatic heterocycles. The summed E-state index contributed by atoms with van der Waals surface area (Å²) in [5, 5.41) is 6.00. The minimum absolute atomic E-state index is 0.0627. The van der Waals surface area contributed by atoms with E-state index in [2.05, 4.69) is 10.6 Å². The van der Waals surface area contributed by atoms with Gasteiger partial charge in [0.05, 0.1) is 17.2 Å². The van der Waals surface area contributed by atoms with Crippen LogP contribution in [0.5, 0.6) is 0 Å². The van der Waals surface area contributed by atoms with Crippen LogP contribution in [0.3, 0.4) is 0 Å². The van der Waals surface area contributed by atoms with Crippen LogP contribution in [0.1, 0.15) is 54.4 Å². The highest BCUT2D eigenvalue weighted by molar-refractivity contribution is 6.07. The predicted molar refractivity (Wildman–Crippen MR) is 121 cm³/mol. The number of carbonyl (C=O) groups is 3. The first-order valence-corrected chi connectivity index (χ1v) is 11.1. The van der Waals surface area contributed by atoms with Gasteiger partial charge in [-0.2, -0.15) is 0 Å². The Kier molecular flexibility index (Phi) is 6.35. The molecule has 1 saturated carbocycles. The van der Waals surface area contributed by atoms with Gasteiger partial charge in [0.1, 0.15) is 0 Å². The molecule has 4 rings (SSSR count). The Balaban J connectivity index is 1.42. The van der Waals surface area contributed by atoms with E-state index < -0.39 is 5.92 Å². The lowest BCUT2D eigenvalue weighted by atomic mass is 9.95. The van der Waals surface area contributed by atoms with Crippen LogP contribution in [-0.2, 0) is 9.59 Å². The minimum atomic E-state index is -0.455. The van der Waals surface area contributed by atoms with Gasteiger partial charge in [0.25, 0.3) is 5.91 Å². The number of carbonyl (C=O) groups excluding carboxylic acids is 3. The highest BCUT2D eigenvalue weighted by atomic mass is 16.2. The van der Waals surface area contributed by atoms with Crippen LogP contribution in [-0.4, -0.2) is 30.3 Å². The number of hydrogen-bond donors (Lipinski definition) is 2. The molecule has 1 aliphatic heterocycles. The molecule has 0 bridgehead atoms. The Labute approximate surface area is 183 Å². The van der Waals surface area contributed by atoms with Crippen LogP contribution >= 0.6 is 0 Å². The zero-order chi connectivity index (χ0) is 21.8. The molecule has 1 atom stereocenters. The van der Waals surface area contributed by atoms with Crippen molar-refractivity contribution >= 4 is 29.1 Å². The van der Waals surface area contributed by atoms with Crippen molar-refractivity contribution < 1.29 is 14.4 Å². The molecule has 2 fully saturated rings. The first kappa shape index (κ1) is 21.1. The number of nitrogens with zero attached hydrogens (tertiary/aromatic N) is 1. The molecule has 1 aliphatic carbocycles. The van der Waals surface area contributed by atoms with Crippen molar-refractivity contribution in [2.24, 2.45) is 5.92 Å². The second kappa shape index (κ2) is 9.33. The molecule has 2 N–H and O–H groups in total. The van der Waals surface area contributed by atoms with Crippen LogP contribution in [0.4, 0.5) is 11.4 Å². The molecule has 2 aromatic carbocycles. The smallest absolute Gasteiger partial charge is 0.253 e. The Hall–Kier alpha value is -3.15. The van der Waals surface area contributed by atoms with Gasteiger partial charge in [0, 0.05) is 24.7 Å². The summed E-state index contributed by atoms with van der Waals surface area (Å²) in [5.41, 5.74) is 2.87. The van der Waals surface area contributed by atoms with Crippen molar-refractivity contribution in [3.63, 3.8) is 0 Å². The van der Waals surface area contributed by atoms with Gasteiger partial charge in [0.15, 0.2) is 0 Å². The summed E-state index contributed by atoms with van der Waals surface area (Å²) in [4.78, 5) is 39.9. The topological polar surface area (TPSA) is 78.5 Å². The monoisotopic (exact) mass is 419 g/mol. The van der Waals surface area contributed by atoms with Gasteiger partial charge >= 0.3 is 0 Å². The molecule has 31 heavy (non-hydrogen) atoms. The van der Waals surface area contributed by atoms with Crippen molar-refractivity contribution in [3.8, 4) is 0 Å². The highest BCUT2D eigenvalue weighted by Gasteiger charge is 2.35. The minimum Gasteiger partial charge on any atom is -0.349 e. The molecule has 0 spiro atoms. The van der Waals surface area contributed by atoms with Crippen molar-refractivity contribution in [1.29, 1.82) is 0 Å². The van der Waals surface area contributed by atoms with Crippen molar-refractivity contribution in [3.05, 3.63) is 59.7 Å². The Morgan fingerprint density at radius 1 is 0.968 bits per heavy atom. The summed E-state index contributed by atoms with van der Waals surface area (Å²) in [5.74, 6) is -0.914. The summed E-state index contributed by atoms with van der Waals surface area (Å²) in [6.07, 6.45) is 5.65. The molecule has 0 radical (unpaired) electrons. The van der Waals surface area contributed by atoms with Crippen molar-refractivity contribution in [1.82, 2.24) is 5.32 Å². The number of amides is 3. The third-order valence-electron chi connectivity index (χ3n) is 6.21. The lowest BCUT2D eigenvalue weighted by Gasteiger charge is -2.23. The SMILES string of the molecule is Cc1ccc(N2C[C@@H](C(=O)Nc3ccccc3C(=O)NC3CCCCC3)CC2=O)cc1. The standard InChI is InChI=1S/C25H29N3O3/c1-17-11-13-20(14-12-17)28-16-18(15-23(28)29)24(30)27-22-10-6-5-9-21(22)25(31)26-19-7-3-2-4-8-19/h5-6,9-14,18-19H,2-4,7-8,15-16H2,1H3,(H,26,31)(H,27,30)/t18-/m0/s1. The molecular weight excluding hydrogens is 390 g/mol. The second-order valence-electron chi connectivity index (χ2n) is 8.58. The van der Waals surface area contributed by atoms with E-state index in [1.807, 2.05) is 31.2 Å². The first-order valence-electron chi connectivity index (χ1n) is 11.1. The maximum absolute atomic E-state index is 12.9.